The Kier molecular flexibility index (Phi) is 5.00. The zero-order valence-electron chi connectivity index (χ0n) is 12.1. The van der Waals surface area contributed by atoms with Crippen LogP contribution in [0.25, 0.3) is 0 Å². The van der Waals surface area contributed by atoms with Gasteiger partial charge in [0.05, 0.1) is 12.5 Å². The van der Waals surface area contributed by atoms with Crippen LogP contribution in [0, 0.1) is 11.7 Å². The van der Waals surface area contributed by atoms with E-state index in [2.05, 4.69) is 4.98 Å². The van der Waals surface area contributed by atoms with E-state index in [-0.39, 0.29) is 12.4 Å². The first kappa shape index (κ1) is 16.7. The lowest BCUT2D eigenvalue weighted by Gasteiger charge is -2.34. The summed E-state index contributed by atoms with van der Waals surface area (Å²) in [5.41, 5.74) is 0. The molecule has 0 aliphatic carbocycles. The summed E-state index contributed by atoms with van der Waals surface area (Å²) in [5, 5.41) is 0. The van der Waals surface area contributed by atoms with Crippen molar-refractivity contribution in [3.05, 3.63) is 24.1 Å². The van der Waals surface area contributed by atoms with Crippen LogP contribution in [-0.2, 0) is 4.79 Å². The zero-order valence-corrected chi connectivity index (χ0v) is 12.1. The molecule has 1 aliphatic heterocycles. The van der Waals surface area contributed by atoms with E-state index in [0.717, 1.165) is 4.90 Å². The second-order valence-electron chi connectivity index (χ2n) is 5.40. The molecule has 0 spiro atoms. The number of carbonyl (C=O) groups excluding carboxylic acids is 1. The molecule has 0 saturated carbocycles. The molecule has 1 saturated heterocycles. The molecule has 0 aromatic carbocycles. The third kappa shape index (κ3) is 4.16. The number of anilines is 1. The largest absolute Gasteiger partial charge is 0.401 e. The van der Waals surface area contributed by atoms with E-state index in [0.29, 0.717) is 19.4 Å². The fraction of sp³-hybridized carbons (Fsp3) is 0.571. The average Bonchev–Trinajstić information content (AvgIpc) is 2.45. The minimum Gasteiger partial charge on any atom is -0.297 e. The molecule has 0 N–H and O–H groups in total. The molecule has 122 valence electrons. The van der Waals surface area contributed by atoms with Gasteiger partial charge in [-0.05, 0) is 31.5 Å². The van der Waals surface area contributed by atoms with Gasteiger partial charge in [0.15, 0.2) is 11.6 Å². The summed E-state index contributed by atoms with van der Waals surface area (Å²) < 4.78 is 51.0. The Morgan fingerprint density at radius 3 is 2.86 bits per heavy atom. The first-order valence-corrected chi connectivity index (χ1v) is 6.95. The highest BCUT2D eigenvalue weighted by Gasteiger charge is 2.35. The van der Waals surface area contributed by atoms with Crippen molar-refractivity contribution in [3.8, 4) is 0 Å². The van der Waals surface area contributed by atoms with Gasteiger partial charge in [0.1, 0.15) is 0 Å². The van der Waals surface area contributed by atoms with Crippen LogP contribution in [0.2, 0.25) is 0 Å². The maximum absolute atomic E-state index is 13.7. The van der Waals surface area contributed by atoms with E-state index in [4.69, 9.17) is 0 Å². The first-order valence-electron chi connectivity index (χ1n) is 6.95. The summed E-state index contributed by atoms with van der Waals surface area (Å²) in [4.78, 5) is 18.5. The molecule has 2 heterocycles. The van der Waals surface area contributed by atoms with Crippen molar-refractivity contribution in [2.75, 3.05) is 31.6 Å². The number of pyridine rings is 1. The maximum Gasteiger partial charge on any atom is 0.401 e. The van der Waals surface area contributed by atoms with Gasteiger partial charge in [-0.15, -0.1) is 0 Å². The third-order valence-corrected chi connectivity index (χ3v) is 3.64. The van der Waals surface area contributed by atoms with Gasteiger partial charge in [-0.25, -0.2) is 9.37 Å². The monoisotopic (exact) mass is 319 g/mol. The number of halogens is 4. The standard InChI is InChI=1S/C14H17F4N3O/c1-20(12-11(15)5-2-6-19-12)13(22)10-4-3-7-21(8-10)9-14(16,17)18/h2,5-6,10H,3-4,7-9H2,1H3. The van der Waals surface area contributed by atoms with Crippen molar-refractivity contribution >= 4 is 11.7 Å². The van der Waals surface area contributed by atoms with E-state index in [1.165, 1.54) is 30.3 Å². The second-order valence-corrected chi connectivity index (χ2v) is 5.40. The molecule has 1 aromatic heterocycles. The second kappa shape index (κ2) is 6.60. The van der Waals surface area contributed by atoms with Gasteiger partial charge in [0.2, 0.25) is 5.91 Å². The van der Waals surface area contributed by atoms with Crippen LogP contribution in [0.1, 0.15) is 12.8 Å². The Bertz CT molecular complexity index is 535. The number of hydrogen-bond donors (Lipinski definition) is 0. The fourth-order valence-corrected chi connectivity index (χ4v) is 2.66. The third-order valence-electron chi connectivity index (χ3n) is 3.64. The molecule has 1 unspecified atom stereocenters. The van der Waals surface area contributed by atoms with Gasteiger partial charge in [-0.1, -0.05) is 0 Å². The number of piperidine rings is 1. The van der Waals surface area contributed by atoms with Crippen molar-refractivity contribution in [3.63, 3.8) is 0 Å². The van der Waals surface area contributed by atoms with Gasteiger partial charge in [-0.3, -0.25) is 14.6 Å². The topological polar surface area (TPSA) is 36.4 Å². The molecule has 1 aromatic rings. The van der Waals surface area contributed by atoms with E-state index < -0.39 is 30.4 Å². The van der Waals surface area contributed by atoms with Gasteiger partial charge < -0.3 is 0 Å². The lowest BCUT2D eigenvalue weighted by molar-refractivity contribution is -0.151. The normalized spacial score (nSPS) is 20.0. The summed E-state index contributed by atoms with van der Waals surface area (Å²) in [6.45, 7) is -0.694. The van der Waals surface area contributed by atoms with Gasteiger partial charge in [0, 0.05) is 19.8 Å². The van der Waals surface area contributed by atoms with E-state index in [1.807, 2.05) is 0 Å². The number of hydrogen-bond acceptors (Lipinski definition) is 3. The van der Waals surface area contributed by atoms with Crippen molar-refractivity contribution in [1.29, 1.82) is 0 Å². The van der Waals surface area contributed by atoms with E-state index in [1.54, 1.807) is 0 Å². The number of alkyl halides is 3. The number of nitrogens with zero attached hydrogens (tertiary/aromatic N) is 3. The van der Waals surface area contributed by atoms with Crippen LogP contribution in [0.4, 0.5) is 23.4 Å². The smallest absolute Gasteiger partial charge is 0.297 e. The SMILES string of the molecule is CN(C(=O)C1CCCN(CC(F)(F)F)C1)c1ncccc1F. The van der Waals surface area contributed by atoms with Crippen LogP contribution >= 0.6 is 0 Å². The highest BCUT2D eigenvalue weighted by Crippen LogP contribution is 2.25. The van der Waals surface area contributed by atoms with Gasteiger partial charge >= 0.3 is 6.18 Å². The number of amides is 1. The molecular formula is C14H17F4N3O. The number of carbonyl (C=O) groups is 1. The molecule has 0 radical (unpaired) electrons. The number of rotatable bonds is 3. The van der Waals surface area contributed by atoms with Crippen LogP contribution in [-0.4, -0.2) is 48.6 Å². The molecule has 0 bridgehead atoms. The highest BCUT2D eigenvalue weighted by atomic mass is 19.4. The molecule has 1 aliphatic rings. The van der Waals surface area contributed by atoms with Crippen molar-refractivity contribution in [2.24, 2.45) is 5.92 Å². The van der Waals surface area contributed by atoms with Crippen LogP contribution in [0.3, 0.4) is 0 Å². The maximum atomic E-state index is 13.7. The lowest BCUT2D eigenvalue weighted by Crippen LogP contribution is -2.46. The molecule has 2 rings (SSSR count). The Morgan fingerprint density at radius 2 is 2.23 bits per heavy atom. The van der Waals surface area contributed by atoms with Gasteiger partial charge in [0.25, 0.3) is 0 Å². The van der Waals surface area contributed by atoms with Crippen LogP contribution in [0.15, 0.2) is 18.3 Å². The number of aromatic nitrogens is 1. The first-order chi connectivity index (χ1) is 10.3. The van der Waals surface area contributed by atoms with Crippen molar-refractivity contribution in [1.82, 2.24) is 9.88 Å². The summed E-state index contributed by atoms with van der Waals surface area (Å²) >= 11 is 0. The summed E-state index contributed by atoms with van der Waals surface area (Å²) in [6, 6.07) is 2.59. The van der Waals surface area contributed by atoms with Gasteiger partial charge in [-0.2, -0.15) is 13.2 Å². The fourth-order valence-electron chi connectivity index (χ4n) is 2.66. The molecule has 1 amide bonds. The Labute approximate surface area is 125 Å². The number of likely N-dealkylation sites (tertiary alicyclic amines) is 1. The molecule has 1 fully saturated rings. The summed E-state index contributed by atoms with van der Waals surface area (Å²) in [5.74, 6) is -1.74. The average molecular weight is 319 g/mol. The Balaban J connectivity index is 2.04. The quantitative estimate of drug-likeness (QED) is 0.803. The predicted octanol–water partition coefficient (Wildman–Crippen LogP) is 2.46. The van der Waals surface area contributed by atoms with Crippen LogP contribution in [0.5, 0.6) is 0 Å². The predicted molar refractivity (Wildman–Crippen MR) is 72.8 cm³/mol. The minimum atomic E-state index is -4.29. The molecule has 8 heteroatoms. The molecule has 22 heavy (non-hydrogen) atoms. The highest BCUT2D eigenvalue weighted by molar-refractivity contribution is 5.93. The molecular weight excluding hydrogens is 302 g/mol. The Morgan fingerprint density at radius 1 is 1.50 bits per heavy atom. The van der Waals surface area contributed by atoms with Crippen molar-refractivity contribution in [2.45, 2.75) is 19.0 Å². The zero-order chi connectivity index (χ0) is 16.3. The lowest BCUT2D eigenvalue weighted by atomic mass is 9.96. The van der Waals surface area contributed by atoms with E-state index >= 15 is 0 Å². The molecule has 1 atom stereocenters. The van der Waals surface area contributed by atoms with Crippen molar-refractivity contribution < 1.29 is 22.4 Å². The van der Waals surface area contributed by atoms with Crippen LogP contribution < -0.4 is 4.90 Å². The Hall–Kier alpha value is -1.70. The summed E-state index contributed by atoms with van der Waals surface area (Å²) in [7, 11) is 1.39. The van der Waals surface area contributed by atoms with E-state index in [9.17, 15) is 22.4 Å². The minimum absolute atomic E-state index is 0.0249. The summed E-state index contributed by atoms with van der Waals surface area (Å²) in [6.07, 6.45) is -1.93. The molecule has 4 nitrogen and oxygen atoms in total.